The van der Waals surface area contributed by atoms with E-state index in [-0.39, 0.29) is 41.9 Å². The van der Waals surface area contributed by atoms with Gasteiger partial charge in [0, 0.05) is 36.1 Å². The molecule has 2 bridgehead atoms. The second-order valence-corrected chi connectivity index (χ2v) is 9.85. The van der Waals surface area contributed by atoms with Crippen molar-refractivity contribution in [3.05, 3.63) is 41.7 Å². The van der Waals surface area contributed by atoms with Gasteiger partial charge in [0.1, 0.15) is 12.4 Å². The number of hydrogen-bond donors (Lipinski definition) is 3. The van der Waals surface area contributed by atoms with Crippen LogP contribution < -0.4 is 15.8 Å². The van der Waals surface area contributed by atoms with Gasteiger partial charge in [-0.05, 0) is 61.6 Å². The quantitative estimate of drug-likeness (QED) is 0.572. The molecule has 3 saturated carbocycles. The number of aliphatic hydroxyl groups excluding tert-OH is 1. The number of rotatable bonds is 9. The average Bonchev–Trinajstić information content (AvgIpc) is 2.79. The van der Waals surface area contributed by atoms with Gasteiger partial charge in [-0.2, -0.15) is 0 Å². The van der Waals surface area contributed by atoms with Crippen LogP contribution in [-0.4, -0.2) is 37.3 Å². The van der Waals surface area contributed by atoms with Gasteiger partial charge in [-0.25, -0.2) is 4.39 Å². The molecule has 5 nitrogen and oxygen atoms in total. The summed E-state index contributed by atoms with van der Waals surface area (Å²) in [6, 6.07) is 8.10. The van der Waals surface area contributed by atoms with Gasteiger partial charge in [-0.3, -0.25) is 4.79 Å². The Balaban J connectivity index is 1.60. The molecule has 166 valence electrons. The lowest BCUT2D eigenvalue weighted by molar-refractivity contribution is -0.138. The van der Waals surface area contributed by atoms with Gasteiger partial charge in [0.2, 0.25) is 5.91 Å². The highest BCUT2D eigenvalue weighted by atomic mass is 19.1. The van der Waals surface area contributed by atoms with Gasteiger partial charge in [-0.15, -0.1) is 0 Å². The van der Waals surface area contributed by atoms with E-state index in [2.05, 4.69) is 17.4 Å². The van der Waals surface area contributed by atoms with E-state index in [0.29, 0.717) is 24.2 Å². The molecule has 6 heteroatoms. The number of ether oxygens (including phenoxy) is 1. The molecular formula is C24H35FN2O3. The Morgan fingerprint density at radius 1 is 1.20 bits per heavy atom. The van der Waals surface area contributed by atoms with Crippen LogP contribution in [0, 0.1) is 10.8 Å². The summed E-state index contributed by atoms with van der Waals surface area (Å²) < 4.78 is 18.2. The van der Waals surface area contributed by atoms with E-state index in [1.54, 1.807) is 0 Å². The van der Waals surface area contributed by atoms with E-state index in [4.69, 9.17) is 10.5 Å². The van der Waals surface area contributed by atoms with Crippen molar-refractivity contribution in [2.75, 3.05) is 26.3 Å². The first kappa shape index (κ1) is 22.8. The molecule has 3 fully saturated rings. The van der Waals surface area contributed by atoms with Gasteiger partial charge < -0.3 is 20.9 Å². The number of carbonyl (C=O) groups excluding carboxylic acids is 1. The van der Waals surface area contributed by atoms with Gasteiger partial charge in [-0.1, -0.05) is 26.0 Å². The van der Waals surface area contributed by atoms with Crippen LogP contribution in [-0.2, 0) is 10.2 Å². The number of nitrogens with one attached hydrogen (secondary N) is 1. The molecule has 0 atom stereocenters. The molecule has 4 rings (SSSR count). The van der Waals surface area contributed by atoms with Gasteiger partial charge >= 0.3 is 0 Å². The maximum Gasteiger partial charge on any atom is 0.226 e. The van der Waals surface area contributed by atoms with E-state index < -0.39 is 0 Å². The molecule has 0 aliphatic heterocycles. The van der Waals surface area contributed by atoms with Crippen LogP contribution in [0.15, 0.2) is 36.2 Å². The first-order chi connectivity index (χ1) is 14.3. The number of carbonyl (C=O) groups is 1. The minimum Gasteiger partial charge on any atom is -0.489 e. The fourth-order valence-electron chi connectivity index (χ4n) is 4.74. The first-order valence-electron chi connectivity index (χ1n) is 10.9. The van der Waals surface area contributed by atoms with Crippen LogP contribution >= 0.6 is 0 Å². The van der Waals surface area contributed by atoms with Crippen molar-refractivity contribution in [1.29, 1.82) is 0 Å². The highest BCUT2D eigenvalue weighted by Crippen LogP contribution is 2.58. The van der Waals surface area contributed by atoms with Crippen molar-refractivity contribution in [2.24, 2.45) is 16.6 Å². The lowest BCUT2D eigenvalue weighted by Crippen LogP contribution is -2.53. The predicted octanol–water partition coefficient (Wildman–Crippen LogP) is 3.60. The molecule has 3 aliphatic rings. The number of nitrogens with two attached hydrogens (primary N) is 1. The normalized spacial score (nSPS) is 26.5. The zero-order valence-corrected chi connectivity index (χ0v) is 18.2. The van der Waals surface area contributed by atoms with Crippen molar-refractivity contribution < 1.29 is 19.0 Å². The molecule has 30 heavy (non-hydrogen) atoms. The minimum absolute atomic E-state index is 0.0563. The SMILES string of the molecule is CC(C)(CO)CNC(=O)C12CCC(c3ccc(OC/C(=C/F)CN)cc3)(CC1)CC2. The molecule has 0 unspecified atom stereocenters. The number of hydrogen-bond acceptors (Lipinski definition) is 4. The van der Waals surface area contributed by atoms with Gasteiger partial charge in [0.15, 0.2) is 0 Å². The Hall–Kier alpha value is -1.92. The number of aliphatic hydroxyl groups is 1. The largest absolute Gasteiger partial charge is 0.489 e. The van der Waals surface area contributed by atoms with Crippen LogP contribution in [0.5, 0.6) is 5.75 Å². The highest BCUT2D eigenvalue weighted by molar-refractivity contribution is 5.83. The van der Waals surface area contributed by atoms with Crippen molar-refractivity contribution in [1.82, 2.24) is 5.32 Å². The van der Waals surface area contributed by atoms with Crippen molar-refractivity contribution in [3.63, 3.8) is 0 Å². The zero-order chi connectivity index (χ0) is 21.8. The summed E-state index contributed by atoms with van der Waals surface area (Å²) in [7, 11) is 0. The molecule has 1 aromatic carbocycles. The Bertz CT molecular complexity index is 749. The number of benzene rings is 1. The summed E-state index contributed by atoms with van der Waals surface area (Å²) in [5.74, 6) is 0.854. The third-order valence-electron chi connectivity index (χ3n) is 7.19. The fraction of sp³-hybridized carbons (Fsp3) is 0.625. The highest BCUT2D eigenvalue weighted by Gasteiger charge is 2.52. The third kappa shape index (κ3) is 4.70. The van der Waals surface area contributed by atoms with E-state index in [9.17, 15) is 14.3 Å². The Morgan fingerprint density at radius 3 is 2.30 bits per heavy atom. The summed E-state index contributed by atoms with van der Waals surface area (Å²) >= 11 is 0. The van der Waals surface area contributed by atoms with Crippen LogP contribution in [0.25, 0.3) is 0 Å². The van der Waals surface area contributed by atoms with Crippen LogP contribution in [0.2, 0.25) is 0 Å². The Labute approximate surface area is 178 Å². The molecule has 0 aromatic heterocycles. The van der Waals surface area contributed by atoms with E-state index in [0.717, 1.165) is 38.5 Å². The fourth-order valence-corrected chi connectivity index (χ4v) is 4.74. The number of halogens is 1. The molecular weight excluding hydrogens is 383 g/mol. The number of amides is 1. The topological polar surface area (TPSA) is 84.6 Å². The Morgan fingerprint density at radius 2 is 1.80 bits per heavy atom. The van der Waals surface area contributed by atoms with Crippen LogP contribution in [0.4, 0.5) is 4.39 Å². The molecule has 0 saturated heterocycles. The minimum atomic E-state index is -0.298. The average molecular weight is 419 g/mol. The first-order valence-corrected chi connectivity index (χ1v) is 10.9. The van der Waals surface area contributed by atoms with E-state index in [1.807, 2.05) is 26.0 Å². The van der Waals surface area contributed by atoms with Crippen molar-refractivity contribution in [2.45, 2.75) is 57.8 Å². The summed E-state index contributed by atoms with van der Waals surface area (Å²) in [5.41, 5.74) is 6.76. The van der Waals surface area contributed by atoms with E-state index in [1.165, 1.54) is 5.56 Å². The molecule has 0 heterocycles. The monoisotopic (exact) mass is 418 g/mol. The summed E-state index contributed by atoms with van der Waals surface area (Å²) in [6.07, 6.45) is 6.22. The summed E-state index contributed by atoms with van der Waals surface area (Å²) in [4.78, 5) is 13.0. The molecule has 1 amide bonds. The summed E-state index contributed by atoms with van der Waals surface area (Å²) in [6.45, 7) is 4.76. The standard InChI is InChI=1S/C24H35FN2O3/c1-22(2,17-28)16-27-21(29)24-10-7-23(8-11-24,9-12-24)19-3-5-20(6-4-19)30-15-18(13-25)14-26/h3-6,13,28H,7-12,14-17,26H2,1-2H3,(H,27,29)/b18-13+. The zero-order valence-electron chi connectivity index (χ0n) is 18.2. The molecule has 3 aliphatic carbocycles. The maximum atomic E-state index is 13.0. The number of fused-ring (bicyclic) bond motifs is 3. The molecule has 1 aromatic rings. The summed E-state index contributed by atoms with van der Waals surface area (Å²) in [5, 5.41) is 12.5. The van der Waals surface area contributed by atoms with Crippen LogP contribution in [0.3, 0.4) is 0 Å². The smallest absolute Gasteiger partial charge is 0.226 e. The third-order valence-corrected chi connectivity index (χ3v) is 7.19. The van der Waals surface area contributed by atoms with Gasteiger partial charge in [0.25, 0.3) is 0 Å². The predicted molar refractivity (Wildman–Crippen MR) is 116 cm³/mol. The van der Waals surface area contributed by atoms with E-state index >= 15 is 0 Å². The molecule has 4 N–H and O–H groups in total. The maximum absolute atomic E-state index is 13.0. The van der Waals surface area contributed by atoms with Gasteiger partial charge in [0.05, 0.1) is 6.33 Å². The second-order valence-electron chi connectivity index (χ2n) is 9.85. The lowest BCUT2D eigenvalue weighted by atomic mass is 9.51. The van der Waals surface area contributed by atoms with Crippen molar-refractivity contribution in [3.8, 4) is 5.75 Å². The Kier molecular flexibility index (Phi) is 6.88. The second kappa shape index (κ2) is 9.06. The molecule has 0 spiro atoms. The van der Waals surface area contributed by atoms with Crippen molar-refractivity contribution >= 4 is 5.91 Å². The lowest BCUT2D eigenvalue weighted by Gasteiger charge is -2.53. The van der Waals surface area contributed by atoms with Crippen LogP contribution in [0.1, 0.15) is 57.9 Å². The molecule has 0 radical (unpaired) electrons.